The van der Waals surface area contributed by atoms with Crippen LogP contribution in [0.2, 0.25) is 0 Å². The summed E-state index contributed by atoms with van der Waals surface area (Å²) < 4.78 is 17.0. The Morgan fingerprint density at radius 3 is 2.55 bits per heavy atom. The molecule has 1 atom stereocenters. The number of benzene rings is 2. The number of methoxy groups -OCH3 is 1. The smallest absolute Gasteiger partial charge is 0.306 e. The highest BCUT2D eigenvalue weighted by molar-refractivity contribution is 6.08. The molecular weight excluding hydrogens is 530 g/mol. The number of carbonyl (C=O) groups is 2. The quantitative estimate of drug-likeness (QED) is 0.252. The second-order valence-corrected chi connectivity index (χ2v) is 11.3. The average molecular weight is 572 g/mol. The van der Waals surface area contributed by atoms with E-state index in [4.69, 9.17) is 14.2 Å². The van der Waals surface area contributed by atoms with Gasteiger partial charge in [0.15, 0.2) is 0 Å². The largest absolute Gasteiger partial charge is 0.497 e. The molecule has 2 heterocycles. The van der Waals surface area contributed by atoms with E-state index in [9.17, 15) is 9.59 Å². The first-order valence-corrected chi connectivity index (χ1v) is 15.0. The number of anilines is 2. The lowest BCUT2D eigenvalue weighted by Crippen LogP contribution is -2.36. The van der Waals surface area contributed by atoms with Crippen LogP contribution < -0.4 is 19.7 Å². The third kappa shape index (κ3) is 7.60. The van der Waals surface area contributed by atoms with Crippen molar-refractivity contribution in [2.75, 3.05) is 43.6 Å². The fourth-order valence-corrected chi connectivity index (χ4v) is 5.72. The Hall–Kier alpha value is -4.07. The molecule has 1 saturated heterocycles. The molecule has 8 nitrogen and oxygen atoms in total. The molecule has 1 aliphatic heterocycles. The summed E-state index contributed by atoms with van der Waals surface area (Å²) in [5.41, 5.74) is 3.64. The highest BCUT2D eigenvalue weighted by atomic mass is 16.5. The predicted molar refractivity (Wildman–Crippen MR) is 164 cm³/mol. The maximum Gasteiger partial charge on any atom is 0.306 e. The number of nitrogens with one attached hydrogen (secondary N) is 1. The lowest BCUT2D eigenvalue weighted by molar-refractivity contribution is -0.143. The van der Waals surface area contributed by atoms with Crippen LogP contribution in [0.5, 0.6) is 11.5 Å². The Kier molecular flexibility index (Phi) is 9.62. The number of aryl methyl sites for hydroxylation is 1. The molecule has 2 aromatic carbocycles. The Bertz CT molecular complexity index is 1380. The van der Waals surface area contributed by atoms with Crippen LogP contribution in [0.25, 0.3) is 0 Å². The summed E-state index contributed by atoms with van der Waals surface area (Å²) in [6.45, 7) is 6.49. The standard InChI is InChI=1S/C34H41N3O5/c1-4-41-33(38)21-30(25-8-9-25)26-6-5-7-28(19-26)42-22-24-13-16-37(17-14-24)31-20-27(40-3)10-11-29(31)34(39)36-32-18-23(2)12-15-35-32/h5-7,10-12,15,18-20,24-25,30H,4,8-9,13-14,16-17,21-22H2,1-3H3,(H,35,36,39). The molecule has 1 N–H and O–H groups in total. The van der Waals surface area contributed by atoms with Gasteiger partial charge in [-0.1, -0.05) is 12.1 Å². The fraction of sp³-hybridized carbons (Fsp3) is 0.441. The van der Waals surface area contributed by atoms with Crippen LogP contribution in [0, 0.1) is 18.8 Å². The minimum atomic E-state index is -0.191. The maximum atomic E-state index is 13.3. The summed E-state index contributed by atoms with van der Waals surface area (Å²) in [6.07, 6.45) is 6.33. The van der Waals surface area contributed by atoms with Gasteiger partial charge in [-0.25, -0.2) is 4.98 Å². The minimum absolute atomic E-state index is 0.129. The molecule has 1 unspecified atom stereocenters. The van der Waals surface area contributed by atoms with Crippen LogP contribution in [0.3, 0.4) is 0 Å². The third-order valence-corrected chi connectivity index (χ3v) is 8.22. The van der Waals surface area contributed by atoms with Crippen LogP contribution in [0.15, 0.2) is 60.8 Å². The van der Waals surface area contributed by atoms with E-state index in [1.807, 2.05) is 56.3 Å². The van der Waals surface area contributed by atoms with Crippen LogP contribution in [0.4, 0.5) is 11.5 Å². The number of esters is 1. The van der Waals surface area contributed by atoms with Gasteiger partial charge in [0.1, 0.15) is 17.3 Å². The number of hydrogen-bond donors (Lipinski definition) is 1. The molecule has 0 radical (unpaired) electrons. The molecule has 0 spiro atoms. The van der Waals surface area contributed by atoms with Crippen molar-refractivity contribution in [2.45, 2.75) is 51.9 Å². The van der Waals surface area contributed by atoms with E-state index in [1.54, 1.807) is 13.3 Å². The number of rotatable bonds is 12. The zero-order valence-electron chi connectivity index (χ0n) is 24.8. The number of pyridine rings is 1. The molecule has 1 aromatic heterocycles. The summed E-state index contributed by atoms with van der Waals surface area (Å²) >= 11 is 0. The maximum absolute atomic E-state index is 13.3. The SMILES string of the molecule is CCOC(=O)CC(c1cccc(OCC2CCN(c3cc(OC)ccc3C(=O)Nc3cc(C)ccn3)CC2)c1)C1CC1. The van der Waals surface area contributed by atoms with E-state index < -0.39 is 0 Å². The normalized spacial score (nSPS) is 16.0. The number of piperidine rings is 1. The van der Waals surface area contributed by atoms with Crippen LogP contribution in [-0.2, 0) is 9.53 Å². The van der Waals surface area contributed by atoms with E-state index in [2.05, 4.69) is 27.3 Å². The van der Waals surface area contributed by atoms with Crippen molar-refractivity contribution in [2.24, 2.45) is 11.8 Å². The van der Waals surface area contributed by atoms with Gasteiger partial charge < -0.3 is 24.4 Å². The molecule has 222 valence electrons. The molecule has 8 heteroatoms. The third-order valence-electron chi connectivity index (χ3n) is 8.22. The van der Waals surface area contributed by atoms with Crippen LogP contribution >= 0.6 is 0 Å². The summed E-state index contributed by atoms with van der Waals surface area (Å²) in [7, 11) is 1.64. The van der Waals surface area contributed by atoms with E-state index >= 15 is 0 Å². The van der Waals surface area contributed by atoms with Gasteiger partial charge >= 0.3 is 5.97 Å². The highest BCUT2D eigenvalue weighted by Gasteiger charge is 2.34. The Balaban J connectivity index is 1.19. The van der Waals surface area contributed by atoms with Crippen molar-refractivity contribution < 1.29 is 23.8 Å². The number of amides is 1. The molecular formula is C34H41N3O5. The molecule has 2 aliphatic rings. The van der Waals surface area contributed by atoms with Crippen molar-refractivity contribution in [1.82, 2.24) is 4.98 Å². The van der Waals surface area contributed by atoms with Crippen molar-refractivity contribution in [3.8, 4) is 11.5 Å². The Morgan fingerprint density at radius 2 is 1.83 bits per heavy atom. The van der Waals surface area contributed by atoms with E-state index in [0.717, 1.165) is 61.3 Å². The number of hydrogen-bond acceptors (Lipinski definition) is 7. The monoisotopic (exact) mass is 571 g/mol. The predicted octanol–water partition coefficient (Wildman–Crippen LogP) is 6.39. The van der Waals surface area contributed by atoms with Gasteiger partial charge in [0.05, 0.1) is 38.0 Å². The first kappa shape index (κ1) is 29.4. The number of aromatic nitrogens is 1. The molecule has 0 bridgehead atoms. The topological polar surface area (TPSA) is 90.0 Å². The second-order valence-electron chi connectivity index (χ2n) is 11.3. The van der Waals surface area contributed by atoms with E-state index in [0.29, 0.717) is 48.6 Å². The second kappa shape index (κ2) is 13.7. The number of ether oxygens (including phenoxy) is 3. The van der Waals surface area contributed by atoms with Gasteiger partial charge in [-0.15, -0.1) is 0 Å². The average Bonchev–Trinajstić information content (AvgIpc) is 3.85. The van der Waals surface area contributed by atoms with Gasteiger partial charge in [0.2, 0.25) is 0 Å². The highest BCUT2D eigenvalue weighted by Crippen LogP contribution is 2.45. The number of nitrogens with zero attached hydrogens (tertiary/aromatic N) is 2. The summed E-state index contributed by atoms with van der Waals surface area (Å²) in [6, 6.07) is 17.5. The van der Waals surface area contributed by atoms with E-state index in [-0.39, 0.29) is 17.8 Å². The fourth-order valence-electron chi connectivity index (χ4n) is 5.72. The first-order valence-electron chi connectivity index (χ1n) is 15.0. The molecule has 3 aromatic rings. The summed E-state index contributed by atoms with van der Waals surface area (Å²) in [4.78, 5) is 32.0. The molecule has 1 aliphatic carbocycles. The van der Waals surface area contributed by atoms with Crippen LogP contribution in [0.1, 0.15) is 66.4 Å². The van der Waals surface area contributed by atoms with Crippen molar-refractivity contribution >= 4 is 23.4 Å². The minimum Gasteiger partial charge on any atom is -0.497 e. The van der Waals surface area contributed by atoms with E-state index in [1.165, 1.54) is 0 Å². The van der Waals surface area contributed by atoms with Gasteiger partial charge in [-0.2, -0.15) is 0 Å². The summed E-state index contributed by atoms with van der Waals surface area (Å²) in [5.74, 6) is 2.92. The van der Waals surface area contributed by atoms with Crippen molar-refractivity contribution in [3.05, 3.63) is 77.5 Å². The molecule has 1 saturated carbocycles. The van der Waals surface area contributed by atoms with Gasteiger partial charge in [-0.3, -0.25) is 9.59 Å². The molecule has 5 rings (SSSR count). The zero-order valence-corrected chi connectivity index (χ0v) is 24.8. The lowest BCUT2D eigenvalue weighted by Gasteiger charge is -2.34. The molecule has 1 amide bonds. The Morgan fingerprint density at radius 1 is 1.02 bits per heavy atom. The zero-order chi connectivity index (χ0) is 29.5. The lowest BCUT2D eigenvalue weighted by atomic mass is 9.91. The Labute approximate surface area is 248 Å². The first-order chi connectivity index (χ1) is 20.4. The van der Waals surface area contributed by atoms with Gasteiger partial charge in [0.25, 0.3) is 5.91 Å². The summed E-state index contributed by atoms with van der Waals surface area (Å²) in [5, 5.41) is 2.94. The van der Waals surface area contributed by atoms with Crippen molar-refractivity contribution in [3.63, 3.8) is 0 Å². The van der Waals surface area contributed by atoms with Crippen molar-refractivity contribution in [1.29, 1.82) is 0 Å². The number of carbonyl (C=O) groups excluding carboxylic acids is 2. The molecule has 42 heavy (non-hydrogen) atoms. The van der Waals surface area contributed by atoms with Gasteiger partial charge in [0, 0.05) is 25.4 Å². The molecule has 2 fully saturated rings. The van der Waals surface area contributed by atoms with Gasteiger partial charge in [-0.05, 0) is 105 Å². The van der Waals surface area contributed by atoms with Crippen LogP contribution in [-0.4, -0.2) is 50.3 Å².